The number of hydrogen-bond acceptors (Lipinski definition) is 1. The summed E-state index contributed by atoms with van der Waals surface area (Å²) >= 11 is 0. The van der Waals surface area contributed by atoms with Gasteiger partial charge in [-0.05, 0) is 75.0 Å². The Hall–Kier alpha value is -0.590. The lowest BCUT2D eigenvalue weighted by Gasteiger charge is -2.53. The van der Waals surface area contributed by atoms with Gasteiger partial charge in [-0.15, -0.1) is 6.58 Å². The van der Waals surface area contributed by atoms with Gasteiger partial charge in [0.15, 0.2) is 0 Å². The van der Waals surface area contributed by atoms with Gasteiger partial charge < -0.3 is 0 Å². The summed E-state index contributed by atoms with van der Waals surface area (Å²) < 4.78 is 0. The molecule has 0 N–H and O–H groups in total. The molecule has 0 aromatic rings. The first-order valence-corrected chi connectivity index (χ1v) is 8.41. The zero-order valence-electron chi connectivity index (χ0n) is 12.2. The molecular formula is C18H28O. The maximum absolute atomic E-state index is 12.5. The van der Waals surface area contributed by atoms with Crippen LogP contribution in [0.15, 0.2) is 12.7 Å². The maximum atomic E-state index is 12.5. The Kier molecular flexibility index (Phi) is 4.10. The van der Waals surface area contributed by atoms with E-state index in [9.17, 15) is 4.79 Å². The van der Waals surface area contributed by atoms with E-state index in [2.05, 4.69) is 6.58 Å². The number of allylic oxidation sites excluding steroid dienone is 1. The highest BCUT2D eigenvalue weighted by Crippen LogP contribution is 2.56. The second-order valence-corrected chi connectivity index (χ2v) is 7.31. The molecule has 0 atom stereocenters. The van der Waals surface area contributed by atoms with Crippen LogP contribution >= 0.6 is 0 Å². The number of unbranched alkanes of at least 4 members (excludes halogenated alkanes) is 3. The van der Waals surface area contributed by atoms with Crippen molar-refractivity contribution in [3.8, 4) is 0 Å². The van der Waals surface area contributed by atoms with Gasteiger partial charge in [0.2, 0.25) is 0 Å². The maximum Gasteiger partial charge on any atom is 0.136 e. The largest absolute Gasteiger partial charge is 0.299 e. The molecule has 1 nitrogen and oxygen atoms in total. The van der Waals surface area contributed by atoms with Crippen LogP contribution < -0.4 is 0 Å². The molecule has 0 radical (unpaired) electrons. The van der Waals surface area contributed by atoms with Crippen molar-refractivity contribution >= 4 is 5.78 Å². The molecule has 0 aromatic heterocycles. The Bertz CT molecular complexity index is 316. The molecule has 4 saturated carbocycles. The molecule has 4 rings (SSSR count). The third-order valence-corrected chi connectivity index (χ3v) is 5.93. The van der Waals surface area contributed by atoms with Crippen LogP contribution in [-0.4, -0.2) is 5.78 Å². The number of carbonyl (C=O) groups excluding carboxylic acids is 1. The Balaban J connectivity index is 1.48. The monoisotopic (exact) mass is 260 g/mol. The molecule has 4 aliphatic rings. The molecule has 0 aliphatic heterocycles. The highest BCUT2D eigenvalue weighted by Gasteiger charge is 2.50. The van der Waals surface area contributed by atoms with Crippen LogP contribution in [0.4, 0.5) is 0 Å². The average Bonchev–Trinajstić information content (AvgIpc) is 2.37. The van der Waals surface area contributed by atoms with Gasteiger partial charge in [0, 0.05) is 12.3 Å². The van der Waals surface area contributed by atoms with Gasteiger partial charge in [-0.25, -0.2) is 0 Å². The zero-order chi connectivity index (χ0) is 13.2. The van der Waals surface area contributed by atoms with E-state index in [1.165, 1.54) is 44.9 Å². The molecule has 0 heterocycles. The van der Waals surface area contributed by atoms with E-state index in [0.717, 1.165) is 42.9 Å². The topological polar surface area (TPSA) is 17.1 Å². The summed E-state index contributed by atoms with van der Waals surface area (Å²) in [5.41, 5.74) is 0. The van der Waals surface area contributed by atoms with Gasteiger partial charge in [0.05, 0.1) is 0 Å². The van der Waals surface area contributed by atoms with Crippen LogP contribution in [0.2, 0.25) is 0 Å². The molecular weight excluding hydrogens is 232 g/mol. The van der Waals surface area contributed by atoms with Gasteiger partial charge in [-0.1, -0.05) is 12.5 Å². The highest BCUT2D eigenvalue weighted by molar-refractivity contribution is 5.81. The number of hydrogen-bond donors (Lipinski definition) is 0. The molecule has 19 heavy (non-hydrogen) atoms. The van der Waals surface area contributed by atoms with Gasteiger partial charge >= 0.3 is 0 Å². The van der Waals surface area contributed by atoms with Crippen molar-refractivity contribution in [2.45, 2.75) is 64.2 Å². The Labute approximate surface area is 117 Å². The van der Waals surface area contributed by atoms with E-state index < -0.39 is 0 Å². The van der Waals surface area contributed by atoms with Crippen LogP contribution in [0, 0.1) is 29.6 Å². The molecule has 106 valence electrons. The summed E-state index contributed by atoms with van der Waals surface area (Å²) in [7, 11) is 0. The molecule has 0 spiro atoms. The second kappa shape index (κ2) is 5.81. The third kappa shape index (κ3) is 2.80. The fraction of sp³-hybridized carbons (Fsp3) is 0.833. The van der Waals surface area contributed by atoms with Gasteiger partial charge in [-0.3, -0.25) is 4.79 Å². The SMILES string of the molecule is C=CCCCCCC(=O)C1C2CC3CC(C2)CC1C3. The summed E-state index contributed by atoms with van der Waals surface area (Å²) in [6.45, 7) is 3.75. The lowest BCUT2D eigenvalue weighted by Crippen LogP contribution is -2.47. The Morgan fingerprint density at radius 1 is 0.947 bits per heavy atom. The van der Waals surface area contributed by atoms with Crippen molar-refractivity contribution in [3.63, 3.8) is 0 Å². The Morgan fingerprint density at radius 3 is 2.16 bits per heavy atom. The van der Waals surface area contributed by atoms with Crippen molar-refractivity contribution in [2.24, 2.45) is 29.6 Å². The summed E-state index contributed by atoms with van der Waals surface area (Å²) in [5.74, 6) is 4.60. The van der Waals surface area contributed by atoms with Crippen LogP contribution in [-0.2, 0) is 4.79 Å². The van der Waals surface area contributed by atoms with E-state index in [4.69, 9.17) is 0 Å². The fourth-order valence-electron chi connectivity index (χ4n) is 5.38. The van der Waals surface area contributed by atoms with Crippen LogP contribution in [0.25, 0.3) is 0 Å². The first-order valence-electron chi connectivity index (χ1n) is 8.41. The number of ketones is 1. The van der Waals surface area contributed by atoms with Crippen LogP contribution in [0.3, 0.4) is 0 Å². The smallest absolute Gasteiger partial charge is 0.136 e. The second-order valence-electron chi connectivity index (χ2n) is 7.31. The number of Topliss-reactive ketones (excluding diaryl/α,β-unsaturated/α-hetero) is 1. The molecule has 4 aliphatic carbocycles. The van der Waals surface area contributed by atoms with E-state index >= 15 is 0 Å². The van der Waals surface area contributed by atoms with Gasteiger partial charge in [-0.2, -0.15) is 0 Å². The average molecular weight is 260 g/mol. The number of rotatable bonds is 7. The predicted octanol–water partition coefficient (Wildman–Crippen LogP) is 4.76. The minimum Gasteiger partial charge on any atom is -0.299 e. The van der Waals surface area contributed by atoms with E-state index in [0.29, 0.717) is 11.7 Å². The normalized spacial score (nSPS) is 39.5. The summed E-state index contributed by atoms with van der Waals surface area (Å²) in [5, 5.41) is 0. The van der Waals surface area contributed by atoms with Crippen molar-refractivity contribution in [2.75, 3.05) is 0 Å². The van der Waals surface area contributed by atoms with Crippen molar-refractivity contribution in [3.05, 3.63) is 12.7 Å². The fourth-order valence-corrected chi connectivity index (χ4v) is 5.38. The first kappa shape index (κ1) is 13.4. The molecule has 0 amide bonds. The zero-order valence-corrected chi connectivity index (χ0v) is 12.2. The van der Waals surface area contributed by atoms with Crippen LogP contribution in [0.5, 0.6) is 0 Å². The van der Waals surface area contributed by atoms with E-state index in [1.807, 2.05) is 6.08 Å². The van der Waals surface area contributed by atoms with Crippen molar-refractivity contribution < 1.29 is 4.79 Å². The molecule has 0 saturated heterocycles. The number of carbonyl (C=O) groups is 1. The minimum absolute atomic E-state index is 0.465. The molecule has 0 aromatic carbocycles. The van der Waals surface area contributed by atoms with Crippen LogP contribution in [0.1, 0.15) is 64.2 Å². The molecule has 4 bridgehead atoms. The molecule has 0 unspecified atom stereocenters. The first-order chi connectivity index (χ1) is 9.28. The summed E-state index contributed by atoms with van der Waals surface area (Å²) in [4.78, 5) is 12.5. The van der Waals surface area contributed by atoms with Gasteiger partial charge in [0.1, 0.15) is 5.78 Å². The van der Waals surface area contributed by atoms with E-state index in [1.54, 1.807) is 0 Å². The van der Waals surface area contributed by atoms with E-state index in [-0.39, 0.29) is 0 Å². The highest BCUT2D eigenvalue weighted by atomic mass is 16.1. The van der Waals surface area contributed by atoms with Gasteiger partial charge in [0.25, 0.3) is 0 Å². The predicted molar refractivity (Wildman–Crippen MR) is 78.8 cm³/mol. The quantitative estimate of drug-likeness (QED) is 0.476. The molecule has 4 fully saturated rings. The van der Waals surface area contributed by atoms with Crippen molar-refractivity contribution in [1.29, 1.82) is 0 Å². The Morgan fingerprint density at radius 2 is 1.58 bits per heavy atom. The molecule has 1 heteroatoms. The summed E-state index contributed by atoms with van der Waals surface area (Å²) in [6, 6.07) is 0. The third-order valence-electron chi connectivity index (χ3n) is 5.93. The minimum atomic E-state index is 0.465. The van der Waals surface area contributed by atoms with Crippen molar-refractivity contribution in [1.82, 2.24) is 0 Å². The lowest BCUT2D eigenvalue weighted by molar-refractivity contribution is -0.136. The standard InChI is InChI=1S/C18H28O/c1-2-3-4-5-6-7-17(19)18-15-9-13-8-14(11-15)12-16(18)10-13/h2,13-16,18H,1,3-12H2. The summed E-state index contributed by atoms with van der Waals surface area (Å²) in [6.07, 6.45) is 14.4. The lowest BCUT2D eigenvalue weighted by atomic mass is 9.51.